The highest BCUT2D eigenvalue weighted by Gasteiger charge is 2.07. The molecule has 0 radical (unpaired) electrons. The van der Waals surface area contributed by atoms with Gasteiger partial charge >= 0.3 is 0 Å². The number of amides is 2. The van der Waals surface area contributed by atoms with Crippen molar-refractivity contribution in [1.29, 1.82) is 0 Å². The Morgan fingerprint density at radius 2 is 1.41 bits per heavy atom. The molecule has 0 unspecified atom stereocenters. The highest BCUT2D eigenvalue weighted by molar-refractivity contribution is 7.96. The number of likely N-dealkylation sites (N-methyl/N-ethyl adjacent to an activating group) is 1. The molecule has 0 bridgehead atoms. The molecule has 4 N–H and O–H groups in total. The predicted molar refractivity (Wildman–Crippen MR) is 77.8 cm³/mol. The quantitative estimate of drug-likeness (QED) is 0.311. The summed E-state index contributed by atoms with van der Waals surface area (Å²) in [6.07, 6.45) is 3.87. The van der Waals surface area contributed by atoms with Crippen molar-refractivity contribution < 1.29 is 14.1 Å². The molecule has 2 amide bonds. The number of thiol groups is 1. The van der Waals surface area contributed by atoms with Gasteiger partial charge in [-0.15, -0.1) is 0 Å². The predicted octanol–water partition coefficient (Wildman–Crippen LogP) is 1.04. The fraction of sp³-hybridized carbons (Fsp3) is 0.400. The molecule has 0 aliphatic rings. The van der Waals surface area contributed by atoms with Crippen LogP contribution in [0.1, 0.15) is 0 Å². The van der Waals surface area contributed by atoms with Gasteiger partial charge in [-0.25, -0.2) is 0 Å². The molecule has 0 fully saturated rings. The van der Waals surface area contributed by atoms with Crippen LogP contribution in [0.2, 0.25) is 0 Å². The molecule has 100 valence electrons. The molecule has 0 atom stereocenters. The first-order chi connectivity index (χ1) is 7.59. The van der Waals surface area contributed by atoms with Crippen LogP contribution in [0.25, 0.3) is 0 Å². The van der Waals surface area contributed by atoms with Crippen LogP contribution in [0.15, 0.2) is 25.3 Å². The molecule has 0 spiro atoms. The van der Waals surface area contributed by atoms with E-state index in [1.807, 2.05) is 12.2 Å². The second-order valence-corrected chi connectivity index (χ2v) is 4.38. The summed E-state index contributed by atoms with van der Waals surface area (Å²) in [5.74, 6) is 0. The SMILES string of the molecule is C=CC[N+](C)(C)CC=C.NC(=O)S.NC(=O)[S-]. The second kappa shape index (κ2) is 13.0. The van der Waals surface area contributed by atoms with Crippen molar-refractivity contribution in [2.75, 3.05) is 27.2 Å². The van der Waals surface area contributed by atoms with Crippen molar-refractivity contribution in [1.82, 2.24) is 0 Å². The summed E-state index contributed by atoms with van der Waals surface area (Å²) in [6.45, 7) is 9.37. The van der Waals surface area contributed by atoms with Gasteiger partial charge in [0.05, 0.1) is 32.4 Å². The zero-order valence-electron chi connectivity index (χ0n) is 10.3. The number of nitrogens with two attached hydrogens (primary N) is 2. The third-order valence-corrected chi connectivity index (χ3v) is 1.25. The third-order valence-electron chi connectivity index (χ3n) is 1.25. The van der Waals surface area contributed by atoms with Gasteiger partial charge in [-0.2, -0.15) is 0 Å². The number of nitrogens with zero attached hydrogens (tertiary/aromatic N) is 1. The van der Waals surface area contributed by atoms with Crippen LogP contribution < -0.4 is 11.5 Å². The summed E-state index contributed by atoms with van der Waals surface area (Å²) >= 11 is 6.86. The summed E-state index contributed by atoms with van der Waals surface area (Å²) in [6, 6.07) is 0. The number of rotatable bonds is 4. The molecule has 0 saturated heterocycles. The largest absolute Gasteiger partial charge is 0.719 e. The normalized spacial score (nSPS) is 8.65. The average molecular weight is 279 g/mol. The second-order valence-electron chi connectivity index (χ2n) is 3.54. The summed E-state index contributed by atoms with van der Waals surface area (Å²) in [5.41, 5.74) is 8.62. The molecule has 0 aliphatic heterocycles. The van der Waals surface area contributed by atoms with Crippen LogP contribution in [0.5, 0.6) is 0 Å². The average Bonchev–Trinajstić information content (AvgIpc) is 2.00. The van der Waals surface area contributed by atoms with E-state index in [1.54, 1.807) is 0 Å². The van der Waals surface area contributed by atoms with Gasteiger partial charge in [-0.1, -0.05) is 25.8 Å². The van der Waals surface area contributed by atoms with Gasteiger partial charge in [0.15, 0.2) is 0 Å². The van der Waals surface area contributed by atoms with E-state index in [-0.39, 0.29) is 0 Å². The van der Waals surface area contributed by atoms with E-state index in [2.05, 4.69) is 64.0 Å². The Bertz CT molecular complexity index is 224. The number of carbonyl (C=O) groups is 2. The van der Waals surface area contributed by atoms with Gasteiger partial charge in [-0.05, 0) is 12.2 Å². The van der Waals surface area contributed by atoms with Gasteiger partial charge in [0.25, 0.3) is 5.24 Å². The highest BCUT2D eigenvalue weighted by atomic mass is 32.1. The Hall–Kier alpha value is -1.05. The lowest BCUT2D eigenvalue weighted by Gasteiger charge is -2.26. The Balaban J connectivity index is -0.000000205. The molecule has 0 saturated carbocycles. The van der Waals surface area contributed by atoms with Gasteiger partial charge in [-0.3, -0.25) is 4.79 Å². The van der Waals surface area contributed by atoms with Crippen molar-refractivity contribution in [3.05, 3.63) is 25.3 Å². The van der Waals surface area contributed by atoms with E-state index in [1.165, 1.54) is 0 Å². The molecule has 0 aromatic heterocycles. The Morgan fingerprint density at radius 3 is 1.53 bits per heavy atom. The molecule has 0 rings (SSSR count). The van der Waals surface area contributed by atoms with Crippen LogP contribution in [-0.2, 0) is 12.6 Å². The number of carbonyl (C=O) groups excluding carboxylic acids is 2. The van der Waals surface area contributed by atoms with E-state index < -0.39 is 10.5 Å². The molecule has 0 aliphatic carbocycles. The molecule has 17 heavy (non-hydrogen) atoms. The highest BCUT2D eigenvalue weighted by Crippen LogP contribution is 1.95. The van der Waals surface area contributed by atoms with E-state index in [0.29, 0.717) is 0 Å². The van der Waals surface area contributed by atoms with Crippen LogP contribution in [0.3, 0.4) is 0 Å². The van der Waals surface area contributed by atoms with E-state index >= 15 is 0 Å². The van der Waals surface area contributed by atoms with Gasteiger partial charge < -0.3 is 33.4 Å². The van der Waals surface area contributed by atoms with Crippen molar-refractivity contribution in [2.45, 2.75) is 0 Å². The summed E-state index contributed by atoms with van der Waals surface area (Å²) in [4.78, 5) is 18.1. The van der Waals surface area contributed by atoms with Crippen LogP contribution >= 0.6 is 12.6 Å². The van der Waals surface area contributed by atoms with E-state index in [4.69, 9.17) is 9.59 Å². The van der Waals surface area contributed by atoms with E-state index in [9.17, 15) is 0 Å². The van der Waals surface area contributed by atoms with Crippen molar-refractivity contribution in [2.24, 2.45) is 11.5 Å². The van der Waals surface area contributed by atoms with Gasteiger partial charge in [0, 0.05) is 0 Å². The topological polar surface area (TPSA) is 86.2 Å². The van der Waals surface area contributed by atoms with Crippen molar-refractivity contribution in [3.8, 4) is 0 Å². The summed E-state index contributed by atoms with van der Waals surface area (Å²) in [5, 5.41) is -1.39. The lowest BCUT2D eigenvalue weighted by atomic mass is 10.4. The van der Waals surface area contributed by atoms with Crippen LogP contribution in [0.4, 0.5) is 9.59 Å². The van der Waals surface area contributed by atoms with Crippen LogP contribution in [-0.4, -0.2) is 42.1 Å². The maximum absolute atomic E-state index is 9.09. The number of quaternary nitrogens is 1. The maximum atomic E-state index is 9.09. The fourth-order valence-electron chi connectivity index (χ4n) is 0.774. The number of hydrogen-bond donors (Lipinski definition) is 3. The molecule has 0 heterocycles. The molecule has 7 heteroatoms. The molecule has 0 aromatic rings. The Morgan fingerprint density at radius 1 is 1.24 bits per heavy atom. The Kier molecular flexibility index (Phi) is 16.3. The minimum absolute atomic E-state index is 0.639. The lowest BCUT2D eigenvalue weighted by molar-refractivity contribution is -0.878. The summed E-state index contributed by atoms with van der Waals surface area (Å²) < 4.78 is 0.951. The minimum Gasteiger partial charge on any atom is -0.719 e. The first kappa shape index (κ1) is 21.3. The van der Waals surface area contributed by atoms with Gasteiger partial charge in [0.2, 0.25) is 0 Å². The standard InChI is InChI=1S/C8H16N.2CH3NOS/c1-5-7-9(3,4)8-6-2;2*2-1(3)4/h5-6H,1-2,7-8H2,3-4H3;2*(H3,2,3,4)/q+1;;/p-1. The van der Waals surface area contributed by atoms with E-state index in [0.717, 1.165) is 17.6 Å². The molecule has 0 aromatic carbocycles. The van der Waals surface area contributed by atoms with Gasteiger partial charge in [0.1, 0.15) is 0 Å². The minimum atomic E-state index is -0.750. The summed E-state index contributed by atoms with van der Waals surface area (Å²) in [7, 11) is 4.31. The van der Waals surface area contributed by atoms with Crippen molar-refractivity contribution >= 4 is 35.7 Å². The smallest absolute Gasteiger partial charge is 0.273 e. The number of primary amides is 2. The first-order valence-electron chi connectivity index (χ1n) is 4.57. The molecule has 5 nitrogen and oxygen atoms in total. The molecular formula is C10H21N3O2S2. The van der Waals surface area contributed by atoms with Crippen molar-refractivity contribution in [3.63, 3.8) is 0 Å². The third kappa shape index (κ3) is 51.9. The maximum Gasteiger partial charge on any atom is 0.273 e. The zero-order chi connectivity index (χ0) is 14.5. The zero-order valence-corrected chi connectivity index (χ0v) is 12.0. The monoisotopic (exact) mass is 279 g/mol. The lowest BCUT2D eigenvalue weighted by Crippen LogP contribution is -2.39. The first-order valence-corrected chi connectivity index (χ1v) is 5.43. The molecular weight excluding hydrogens is 258 g/mol. The number of hydrogen-bond acceptors (Lipinski definition) is 3. The fourth-order valence-corrected chi connectivity index (χ4v) is 0.774. The van der Waals surface area contributed by atoms with Crippen LogP contribution in [0, 0.1) is 0 Å². The Labute approximate surface area is 114 Å².